The molecule has 0 aromatic heterocycles. The largest absolute Gasteiger partial charge is 0.347 e. The predicted molar refractivity (Wildman–Crippen MR) is 75.6 cm³/mol. The van der Waals surface area contributed by atoms with Gasteiger partial charge >= 0.3 is 0 Å². The number of allylic oxidation sites excluding steroid dienone is 4. The lowest BCUT2D eigenvalue weighted by atomic mass is 10.4. The number of nitrogens with zero attached hydrogens (tertiary/aromatic N) is 2. The van der Waals surface area contributed by atoms with Crippen LogP contribution in [0.1, 0.15) is 13.8 Å². The van der Waals surface area contributed by atoms with E-state index in [1.807, 2.05) is 44.0 Å². The van der Waals surface area contributed by atoms with Crippen LogP contribution in [-0.4, -0.2) is 22.7 Å². The summed E-state index contributed by atoms with van der Waals surface area (Å²) in [6, 6.07) is 0. The monoisotopic (exact) mass is 334 g/mol. The van der Waals surface area contributed by atoms with Crippen LogP contribution in [0.2, 0.25) is 0 Å². The zero-order chi connectivity index (χ0) is 11.8. The topological polar surface area (TPSA) is 15.6 Å². The predicted octanol–water partition coefficient (Wildman–Crippen LogP) is 4.06. The van der Waals surface area contributed by atoms with E-state index in [0.717, 1.165) is 9.23 Å². The van der Waals surface area contributed by atoms with Gasteiger partial charge in [0, 0.05) is 7.05 Å². The maximum Gasteiger partial charge on any atom is 0.119 e. The Hall–Kier alpha value is -0.350. The van der Waals surface area contributed by atoms with Gasteiger partial charge in [-0.3, -0.25) is 4.99 Å². The van der Waals surface area contributed by atoms with Gasteiger partial charge in [-0.1, -0.05) is 18.7 Å². The fourth-order valence-corrected chi connectivity index (χ4v) is 1.88. The Morgan fingerprint density at radius 1 is 1.47 bits per heavy atom. The summed E-state index contributed by atoms with van der Waals surface area (Å²) >= 11 is 6.82. The molecule has 1 unspecified atom stereocenters. The highest BCUT2D eigenvalue weighted by atomic mass is 79.9. The van der Waals surface area contributed by atoms with Gasteiger partial charge in [-0.25, -0.2) is 0 Å². The first kappa shape index (κ1) is 14.6. The number of hydrogen-bond acceptors (Lipinski definition) is 2. The van der Waals surface area contributed by atoms with E-state index < -0.39 is 0 Å². The second kappa shape index (κ2) is 7.88. The Labute approximate surface area is 109 Å². The maximum absolute atomic E-state index is 4.44. The Bertz CT molecular complexity index is 293. The molecule has 0 radical (unpaired) electrons. The molecule has 0 rings (SSSR count). The van der Waals surface area contributed by atoms with Crippen LogP contribution < -0.4 is 0 Å². The fourth-order valence-electron chi connectivity index (χ4n) is 0.839. The molecule has 0 aromatic carbocycles. The van der Waals surface area contributed by atoms with Crippen LogP contribution in [0.5, 0.6) is 0 Å². The summed E-state index contributed by atoms with van der Waals surface area (Å²) in [6.45, 7) is 7.62. The summed E-state index contributed by atoms with van der Waals surface area (Å²) in [5.41, 5.74) is 0. The molecule has 0 heterocycles. The molecule has 0 spiro atoms. The molecule has 0 bridgehead atoms. The van der Waals surface area contributed by atoms with E-state index in [1.165, 1.54) is 0 Å². The van der Waals surface area contributed by atoms with Crippen molar-refractivity contribution in [2.45, 2.75) is 20.0 Å². The summed E-state index contributed by atoms with van der Waals surface area (Å²) in [5.74, 6) is 0. The first-order chi connectivity index (χ1) is 7.02. The third kappa shape index (κ3) is 5.95. The molecular formula is C11H16Br2N2. The van der Waals surface area contributed by atoms with E-state index in [2.05, 4.69) is 43.4 Å². The summed E-state index contributed by atoms with van der Waals surface area (Å²) in [7, 11) is 1.97. The second-order valence-corrected chi connectivity index (χ2v) is 4.54. The van der Waals surface area contributed by atoms with E-state index in [-0.39, 0.29) is 6.17 Å². The maximum atomic E-state index is 4.44. The minimum Gasteiger partial charge on any atom is -0.347 e. The molecule has 0 saturated heterocycles. The second-order valence-electron chi connectivity index (χ2n) is 2.92. The molecule has 0 saturated carbocycles. The van der Waals surface area contributed by atoms with Crippen molar-refractivity contribution in [1.29, 1.82) is 0 Å². The third-order valence-corrected chi connectivity index (χ3v) is 3.06. The van der Waals surface area contributed by atoms with Gasteiger partial charge in [0.05, 0.1) is 4.61 Å². The van der Waals surface area contributed by atoms with Crippen LogP contribution >= 0.6 is 31.9 Å². The van der Waals surface area contributed by atoms with Crippen molar-refractivity contribution in [2.75, 3.05) is 7.05 Å². The van der Waals surface area contributed by atoms with Gasteiger partial charge in [0.1, 0.15) is 10.8 Å². The highest BCUT2D eigenvalue weighted by molar-refractivity contribution is 9.18. The van der Waals surface area contributed by atoms with Crippen LogP contribution in [0.25, 0.3) is 0 Å². The van der Waals surface area contributed by atoms with Gasteiger partial charge in [-0.05, 0) is 57.9 Å². The lowest BCUT2D eigenvalue weighted by molar-refractivity contribution is 0.357. The van der Waals surface area contributed by atoms with Gasteiger partial charge in [0.25, 0.3) is 0 Å². The average molecular weight is 336 g/mol. The van der Waals surface area contributed by atoms with Gasteiger partial charge in [-0.2, -0.15) is 0 Å². The minimum atomic E-state index is 0.0566. The Morgan fingerprint density at radius 2 is 2.07 bits per heavy atom. The molecule has 0 N–H and O–H groups in total. The van der Waals surface area contributed by atoms with Crippen molar-refractivity contribution >= 4 is 36.5 Å². The van der Waals surface area contributed by atoms with Crippen molar-refractivity contribution in [2.24, 2.45) is 4.99 Å². The van der Waals surface area contributed by atoms with E-state index in [1.54, 1.807) is 6.08 Å². The normalized spacial score (nSPS) is 15.5. The molecule has 2 nitrogen and oxygen atoms in total. The van der Waals surface area contributed by atoms with Crippen molar-refractivity contribution in [3.05, 3.63) is 35.5 Å². The standard InChI is InChI=1S/C11H16Br2N2/c1-5-7-10(12)14-9(3)15(4)11(13)8-6-2/h5-9H,2H2,1,3-4H3/b7-5-,11-8-,14-10+. The number of hydrogen-bond donors (Lipinski definition) is 0. The van der Waals surface area contributed by atoms with E-state index in [0.29, 0.717) is 0 Å². The lowest BCUT2D eigenvalue weighted by Crippen LogP contribution is -2.25. The van der Waals surface area contributed by atoms with Crippen LogP contribution in [0, 0.1) is 0 Å². The molecule has 0 aliphatic heterocycles. The lowest BCUT2D eigenvalue weighted by Gasteiger charge is -2.23. The van der Waals surface area contributed by atoms with Gasteiger partial charge < -0.3 is 4.90 Å². The molecule has 4 heteroatoms. The SMILES string of the molecule is C=C/C=C(/Br)N(C)C(C)/N=C(Br)\C=C/C. The fraction of sp³-hybridized carbons (Fsp3) is 0.364. The van der Waals surface area contributed by atoms with Gasteiger partial charge in [0.15, 0.2) is 0 Å². The smallest absolute Gasteiger partial charge is 0.119 e. The van der Waals surface area contributed by atoms with Gasteiger partial charge in [-0.15, -0.1) is 0 Å². The first-order valence-corrected chi connectivity index (χ1v) is 6.18. The van der Waals surface area contributed by atoms with Crippen LogP contribution in [0.3, 0.4) is 0 Å². The molecule has 0 aliphatic rings. The summed E-state index contributed by atoms with van der Waals surface area (Å²) < 4.78 is 1.79. The number of halogens is 2. The van der Waals surface area contributed by atoms with Crippen molar-refractivity contribution in [1.82, 2.24) is 4.90 Å². The molecule has 15 heavy (non-hydrogen) atoms. The molecule has 84 valence electrons. The molecule has 0 fully saturated rings. The van der Waals surface area contributed by atoms with E-state index >= 15 is 0 Å². The Morgan fingerprint density at radius 3 is 2.53 bits per heavy atom. The van der Waals surface area contributed by atoms with Gasteiger partial charge in [0.2, 0.25) is 0 Å². The molecule has 1 atom stereocenters. The van der Waals surface area contributed by atoms with E-state index in [9.17, 15) is 0 Å². The number of aliphatic imine (C=N–C) groups is 1. The quantitative estimate of drug-likeness (QED) is 0.420. The van der Waals surface area contributed by atoms with Crippen molar-refractivity contribution in [3.8, 4) is 0 Å². The Kier molecular flexibility index (Phi) is 7.70. The minimum absolute atomic E-state index is 0.0566. The molecule has 0 amide bonds. The summed E-state index contributed by atoms with van der Waals surface area (Å²) in [6.07, 6.45) is 7.53. The van der Waals surface area contributed by atoms with Crippen molar-refractivity contribution in [3.63, 3.8) is 0 Å². The molecule has 0 aliphatic carbocycles. The third-order valence-electron chi connectivity index (χ3n) is 1.77. The summed E-state index contributed by atoms with van der Waals surface area (Å²) in [4.78, 5) is 6.44. The molecular weight excluding hydrogens is 320 g/mol. The van der Waals surface area contributed by atoms with Crippen LogP contribution in [0.4, 0.5) is 0 Å². The highest BCUT2D eigenvalue weighted by Gasteiger charge is 2.08. The van der Waals surface area contributed by atoms with E-state index in [4.69, 9.17) is 0 Å². The van der Waals surface area contributed by atoms with Crippen LogP contribution in [0.15, 0.2) is 40.5 Å². The molecule has 0 aromatic rings. The van der Waals surface area contributed by atoms with Crippen LogP contribution in [-0.2, 0) is 0 Å². The van der Waals surface area contributed by atoms with Crippen molar-refractivity contribution < 1.29 is 0 Å². The number of rotatable bonds is 5. The summed E-state index contributed by atoms with van der Waals surface area (Å²) in [5, 5.41) is 0. The first-order valence-electron chi connectivity index (χ1n) is 4.60. The Balaban J connectivity index is 4.58. The highest BCUT2D eigenvalue weighted by Crippen LogP contribution is 2.15. The zero-order valence-electron chi connectivity index (χ0n) is 9.24. The average Bonchev–Trinajstić information content (AvgIpc) is 2.17. The zero-order valence-corrected chi connectivity index (χ0v) is 12.4.